The molecule has 7 nitrogen and oxygen atoms in total. The molecule has 2 amide bonds. The number of nitrogens with one attached hydrogen (secondary N) is 1. The van der Waals surface area contributed by atoms with Crippen molar-refractivity contribution in [2.75, 3.05) is 4.90 Å². The Balaban J connectivity index is 1.57. The Bertz CT molecular complexity index is 1380. The molecule has 4 aromatic rings. The quantitative estimate of drug-likeness (QED) is 0.351. The first-order valence-electron chi connectivity index (χ1n) is 12.9. The lowest BCUT2D eigenvalue weighted by Crippen LogP contribution is -2.49. The minimum Gasteiger partial charge on any atom is -0.351 e. The van der Waals surface area contributed by atoms with Crippen LogP contribution in [0.2, 0.25) is 0 Å². The number of amides is 2. The molecule has 3 aromatic carbocycles. The Morgan fingerprint density at radius 1 is 0.868 bits per heavy atom. The van der Waals surface area contributed by atoms with Gasteiger partial charge in [0.05, 0.1) is 0 Å². The van der Waals surface area contributed by atoms with Gasteiger partial charge in [-0.05, 0) is 73.9 Å². The fourth-order valence-electron chi connectivity index (χ4n) is 4.94. The maximum atomic E-state index is 14.2. The molecule has 1 aromatic heterocycles. The summed E-state index contributed by atoms with van der Waals surface area (Å²) in [6, 6.07) is 16.1. The van der Waals surface area contributed by atoms with Gasteiger partial charge in [0.15, 0.2) is 0 Å². The molecule has 0 radical (unpaired) electrons. The van der Waals surface area contributed by atoms with E-state index in [4.69, 9.17) is 0 Å². The maximum Gasteiger partial charge on any atom is 0.254 e. The van der Waals surface area contributed by atoms with Crippen LogP contribution in [0.3, 0.4) is 0 Å². The molecule has 1 fully saturated rings. The van der Waals surface area contributed by atoms with E-state index < -0.39 is 29.6 Å². The lowest BCUT2D eigenvalue weighted by atomic mass is 9.94. The minimum absolute atomic E-state index is 0.0140. The van der Waals surface area contributed by atoms with Crippen LogP contribution < -0.4 is 10.2 Å². The van der Waals surface area contributed by atoms with Crippen molar-refractivity contribution in [2.24, 2.45) is 0 Å². The number of aromatic nitrogens is 3. The molecule has 196 valence electrons. The van der Waals surface area contributed by atoms with E-state index in [0.717, 1.165) is 32.1 Å². The minimum atomic E-state index is -1.12. The standard InChI is InChI=1S/C29H29F2N5O2/c1-19(36-33-25-9-5-6-10-26(25)34-36)29(38)35(24-17-15-22(31)16-18-24)27(20-11-13-21(30)14-12-20)28(37)32-23-7-3-2-4-8-23/h5-6,9-19,23,27H,2-4,7-8H2,1H3,(H,32,37)/t19-,27-/m1/s1. The van der Waals surface area contributed by atoms with Crippen molar-refractivity contribution in [1.82, 2.24) is 20.3 Å². The summed E-state index contributed by atoms with van der Waals surface area (Å²) in [7, 11) is 0. The SMILES string of the molecule is C[C@H](C(=O)N(c1ccc(F)cc1)[C@@H](C(=O)NC1CCCCC1)c1ccc(F)cc1)n1nc2ccccc2n1. The Morgan fingerprint density at radius 2 is 1.42 bits per heavy atom. The molecule has 1 saturated carbocycles. The number of hydrogen-bond donors (Lipinski definition) is 1. The lowest BCUT2D eigenvalue weighted by molar-refractivity contribution is -0.128. The van der Waals surface area contributed by atoms with Crippen LogP contribution in [-0.4, -0.2) is 32.9 Å². The second kappa shape index (κ2) is 11.1. The van der Waals surface area contributed by atoms with Crippen molar-refractivity contribution in [3.8, 4) is 0 Å². The maximum absolute atomic E-state index is 14.2. The van der Waals surface area contributed by atoms with Crippen molar-refractivity contribution in [1.29, 1.82) is 0 Å². The van der Waals surface area contributed by atoms with Crippen LogP contribution in [0.25, 0.3) is 11.0 Å². The molecule has 1 N–H and O–H groups in total. The van der Waals surface area contributed by atoms with Gasteiger partial charge in [-0.3, -0.25) is 14.5 Å². The molecule has 0 unspecified atom stereocenters. The average Bonchev–Trinajstić information content (AvgIpc) is 3.37. The number of benzene rings is 3. The summed E-state index contributed by atoms with van der Waals surface area (Å²) in [4.78, 5) is 30.7. The highest BCUT2D eigenvalue weighted by molar-refractivity contribution is 6.03. The number of hydrogen-bond acceptors (Lipinski definition) is 4. The fraction of sp³-hybridized carbons (Fsp3) is 0.310. The third-order valence-electron chi connectivity index (χ3n) is 6.99. The van der Waals surface area contributed by atoms with Crippen LogP contribution in [0.1, 0.15) is 56.7 Å². The third kappa shape index (κ3) is 5.41. The fourth-order valence-corrected chi connectivity index (χ4v) is 4.94. The van der Waals surface area contributed by atoms with Crippen molar-refractivity contribution >= 4 is 28.5 Å². The zero-order valence-electron chi connectivity index (χ0n) is 21.1. The topological polar surface area (TPSA) is 80.1 Å². The van der Waals surface area contributed by atoms with Gasteiger partial charge in [0.1, 0.15) is 34.8 Å². The number of fused-ring (bicyclic) bond motifs is 1. The Labute approximate surface area is 219 Å². The number of halogens is 2. The number of anilines is 1. The zero-order chi connectivity index (χ0) is 26.6. The van der Waals surface area contributed by atoms with Gasteiger partial charge >= 0.3 is 0 Å². The van der Waals surface area contributed by atoms with Gasteiger partial charge in [-0.1, -0.05) is 43.5 Å². The first-order chi connectivity index (χ1) is 18.4. The Kier molecular flexibility index (Phi) is 7.44. The molecule has 0 bridgehead atoms. The highest BCUT2D eigenvalue weighted by atomic mass is 19.1. The molecule has 0 saturated heterocycles. The predicted molar refractivity (Wildman–Crippen MR) is 140 cm³/mol. The average molecular weight is 518 g/mol. The summed E-state index contributed by atoms with van der Waals surface area (Å²) >= 11 is 0. The second-order valence-electron chi connectivity index (χ2n) is 9.67. The molecular formula is C29H29F2N5O2. The summed E-state index contributed by atoms with van der Waals surface area (Å²) in [5.74, 6) is -1.78. The molecule has 0 aliphatic heterocycles. The normalized spacial score (nSPS) is 15.7. The number of carbonyl (C=O) groups excluding carboxylic acids is 2. The molecule has 1 aliphatic rings. The van der Waals surface area contributed by atoms with E-state index in [0.29, 0.717) is 22.3 Å². The van der Waals surface area contributed by atoms with Gasteiger partial charge in [0.2, 0.25) is 5.91 Å². The molecule has 5 rings (SSSR count). The predicted octanol–water partition coefficient (Wildman–Crippen LogP) is 5.49. The van der Waals surface area contributed by atoms with Crippen LogP contribution in [0.5, 0.6) is 0 Å². The van der Waals surface area contributed by atoms with Gasteiger partial charge in [-0.2, -0.15) is 15.0 Å². The van der Waals surface area contributed by atoms with Gasteiger partial charge < -0.3 is 5.32 Å². The summed E-state index contributed by atoms with van der Waals surface area (Å²) in [5, 5.41) is 12.0. The monoisotopic (exact) mass is 517 g/mol. The van der Waals surface area contributed by atoms with Crippen molar-refractivity contribution in [2.45, 2.75) is 57.2 Å². The van der Waals surface area contributed by atoms with Gasteiger partial charge in [0, 0.05) is 11.7 Å². The largest absolute Gasteiger partial charge is 0.351 e. The smallest absolute Gasteiger partial charge is 0.254 e. The van der Waals surface area contributed by atoms with Crippen LogP contribution >= 0.6 is 0 Å². The number of carbonyl (C=O) groups is 2. The molecule has 2 atom stereocenters. The summed E-state index contributed by atoms with van der Waals surface area (Å²) in [6.45, 7) is 1.65. The lowest BCUT2D eigenvalue weighted by Gasteiger charge is -2.34. The van der Waals surface area contributed by atoms with Crippen LogP contribution in [0, 0.1) is 11.6 Å². The molecule has 9 heteroatoms. The van der Waals surface area contributed by atoms with E-state index >= 15 is 0 Å². The number of rotatable bonds is 7. The van der Waals surface area contributed by atoms with Crippen molar-refractivity contribution in [3.05, 3.63) is 90.0 Å². The van der Waals surface area contributed by atoms with E-state index in [1.54, 1.807) is 19.1 Å². The van der Waals surface area contributed by atoms with E-state index in [9.17, 15) is 18.4 Å². The highest BCUT2D eigenvalue weighted by Crippen LogP contribution is 2.32. The van der Waals surface area contributed by atoms with E-state index in [-0.39, 0.29) is 11.9 Å². The van der Waals surface area contributed by atoms with Crippen molar-refractivity contribution in [3.63, 3.8) is 0 Å². The first-order valence-corrected chi connectivity index (χ1v) is 12.9. The molecule has 1 aliphatic carbocycles. The zero-order valence-corrected chi connectivity index (χ0v) is 21.1. The Morgan fingerprint density at radius 3 is 2.00 bits per heavy atom. The molecule has 0 spiro atoms. The van der Waals surface area contributed by atoms with Gasteiger partial charge in [-0.15, -0.1) is 0 Å². The summed E-state index contributed by atoms with van der Waals surface area (Å²) in [6.07, 6.45) is 4.86. The van der Waals surface area contributed by atoms with Crippen LogP contribution in [-0.2, 0) is 9.59 Å². The molecule has 38 heavy (non-hydrogen) atoms. The molecule has 1 heterocycles. The van der Waals surface area contributed by atoms with Gasteiger partial charge in [-0.25, -0.2) is 8.78 Å². The summed E-state index contributed by atoms with van der Waals surface area (Å²) < 4.78 is 27.7. The highest BCUT2D eigenvalue weighted by Gasteiger charge is 2.37. The van der Waals surface area contributed by atoms with Crippen LogP contribution in [0.4, 0.5) is 14.5 Å². The van der Waals surface area contributed by atoms with Crippen LogP contribution in [0.15, 0.2) is 72.8 Å². The number of nitrogens with zero attached hydrogens (tertiary/aromatic N) is 4. The molecular weight excluding hydrogens is 488 g/mol. The van der Waals surface area contributed by atoms with Gasteiger partial charge in [0.25, 0.3) is 5.91 Å². The van der Waals surface area contributed by atoms with E-state index in [1.165, 1.54) is 58.2 Å². The van der Waals surface area contributed by atoms with E-state index in [2.05, 4.69) is 15.5 Å². The van der Waals surface area contributed by atoms with E-state index in [1.807, 2.05) is 12.1 Å². The second-order valence-corrected chi connectivity index (χ2v) is 9.67. The first kappa shape index (κ1) is 25.5. The van der Waals surface area contributed by atoms with Crippen molar-refractivity contribution < 1.29 is 18.4 Å². The summed E-state index contributed by atoms with van der Waals surface area (Å²) in [5.41, 5.74) is 2.02. The Hall–Kier alpha value is -4.14. The third-order valence-corrected chi connectivity index (χ3v) is 6.99.